The summed E-state index contributed by atoms with van der Waals surface area (Å²) in [5.41, 5.74) is 0.0933. The van der Waals surface area contributed by atoms with Crippen molar-refractivity contribution in [2.75, 3.05) is 16.8 Å². The summed E-state index contributed by atoms with van der Waals surface area (Å²) in [6.07, 6.45) is 2.60. The summed E-state index contributed by atoms with van der Waals surface area (Å²) in [7, 11) is 0. The highest BCUT2D eigenvalue weighted by Crippen LogP contribution is 2.28. The van der Waals surface area contributed by atoms with Gasteiger partial charge in [-0.3, -0.25) is 14.6 Å². The highest BCUT2D eigenvalue weighted by Gasteiger charge is 2.34. The Kier molecular flexibility index (Phi) is 3.60. The second kappa shape index (κ2) is 5.93. The van der Waals surface area contributed by atoms with Gasteiger partial charge in [0.25, 0.3) is 11.6 Å². The van der Waals surface area contributed by atoms with Gasteiger partial charge in [-0.2, -0.15) is 4.98 Å². The number of aromatic amines is 2. The number of hydrogen-bond acceptors (Lipinski definition) is 6. The Labute approximate surface area is 140 Å². The van der Waals surface area contributed by atoms with Crippen molar-refractivity contribution in [2.24, 2.45) is 0 Å². The van der Waals surface area contributed by atoms with E-state index in [4.69, 9.17) is 4.42 Å². The molecule has 0 spiro atoms. The van der Waals surface area contributed by atoms with Crippen LogP contribution in [0.15, 0.2) is 44.5 Å². The van der Waals surface area contributed by atoms with Gasteiger partial charge in [0.15, 0.2) is 5.58 Å². The number of H-pyrrole nitrogens is 2. The minimum Gasteiger partial charge on any atom is -0.423 e. The van der Waals surface area contributed by atoms with Crippen molar-refractivity contribution in [1.82, 2.24) is 15.0 Å². The number of anilines is 2. The number of benzene rings is 1. The summed E-state index contributed by atoms with van der Waals surface area (Å²) >= 11 is 0. The Hall–Kier alpha value is -3.36. The molecule has 0 aliphatic carbocycles. The second-order valence-electron chi connectivity index (χ2n) is 5.79. The van der Waals surface area contributed by atoms with Crippen LogP contribution in [0.1, 0.15) is 12.8 Å². The fourth-order valence-electron chi connectivity index (χ4n) is 2.97. The highest BCUT2D eigenvalue weighted by atomic mass is 16.4. The van der Waals surface area contributed by atoms with E-state index in [2.05, 4.69) is 20.3 Å². The SMILES string of the molecule is O=C(Nc1c[nH]c(=O)[nH]c1=O)[C@H]1CCCN1c1nc2ccccc2o1. The molecule has 1 fully saturated rings. The van der Waals surface area contributed by atoms with Crippen LogP contribution in [0.4, 0.5) is 11.7 Å². The van der Waals surface area contributed by atoms with Gasteiger partial charge in [0.1, 0.15) is 17.2 Å². The smallest absolute Gasteiger partial charge is 0.325 e. The fraction of sp³-hybridized carbons (Fsp3) is 0.250. The van der Waals surface area contributed by atoms with Crippen molar-refractivity contribution in [1.29, 1.82) is 0 Å². The molecule has 1 aromatic carbocycles. The number of carbonyl (C=O) groups is 1. The zero-order chi connectivity index (χ0) is 17.4. The molecule has 0 radical (unpaired) electrons. The van der Waals surface area contributed by atoms with E-state index in [0.717, 1.165) is 11.9 Å². The molecule has 25 heavy (non-hydrogen) atoms. The lowest BCUT2D eigenvalue weighted by Crippen LogP contribution is -2.41. The van der Waals surface area contributed by atoms with E-state index >= 15 is 0 Å². The summed E-state index contributed by atoms with van der Waals surface area (Å²) in [4.78, 5) is 46.0. The second-order valence-corrected chi connectivity index (χ2v) is 5.79. The third-order valence-corrected chi connectivity index (χ3v) is 4.16. The Balaban J connectivity index is 1.59. The molecule has 1 amide bonds. The van der Waals surface area contributed by atoms with Gasteiger partial charge in [0.05, 0.1) is 0 Å². The quantitative estimate of drug-likeness (QED) is 0.648. The Morgan fingerprint density at radius 1 is 1.32 bits per heavy atom. The van der Waals surface area contributed by atoms with Crippen LogP contribution in [0.2, 0.25) is 0 Å². The van der Waals surface area contributed by atoms with Crippen molar-refractivity contribution in [3.63, 3.8) is 0 Å². The maximum Gasteiger partial charge on any atom is 0.325 e. The number of carbonyl (C=O) groups excluding carboxylic acids is 1. The van der Waals surface area contributed by atoms with Gasteiger partial charge in [-0.1, -0.05) is 12.1 Å². The lowest BCUT2D eigenvalue weighted by Gasteiger charge is -2.21. The molecule has 0 bridgehead atoms. The zero-order valence-corrected chi connectivity index (χ0v) is 13.1. The van der Waals surface area contributed by atoms with E-state index in [1.165, 1.54) is 6.20 Å². The Morgan fingerprint density at radius 3 is 2.96 bits per heavy atom. The molecule has 9 nitrogen and oxygen atoms in total. The molecule has 2 aromatic heterocycles. The van der Waals surface area contributed by atoms with Crippen LogP contribution in [-0.4, -0.2) is 33.4 Å². The molecule has 1 atom stereocenters. The van der Waals surface area contributed by atoms with Crippen molar-refractivity contribution in [2.45, 2.75) is 18.9 Å². The molecule has 3 heterocycles. The van der Waals surface area contributed by atoms with E-state index in [1.807, 2.05) is 24.3 Å². The standard InChI is InChI=1S/C16H15N5O4/c22-13-10(8-17-15(24)20-13)18-14(23)11-5-3-7-21(11)16-19-9-4-1-2-6-12(9)25-16/h1-2,4,6,8,11H,3,5,7H2,(H,18,23)(H2,17,20,22,24)/t11-/m1/s1. The van der Waals surface area contributed by atoms with Crippen molar-refractivity contribution in [3.8, 4) is 0 Å². The maximum atomic E-state index is 12.6. The number of fused-ring (bicyclic) bond motifs is 1. The Bertz CT molecular complexity index is 1020. The molecule has 128 valence electrons. The van der Waals surface area contributed by atoms with Crippen LogP contribution in [0.25, 0.3) is 11.1 Å². The van der Waals surface area contributed by atoms with E-state index in [-0.39, 0.29) is 11.6 Å². The van der Waals surface area contributed by atoms with Gasteiger partial charge in [0, 0.05) is 12.7 Å². The molecule has 1 aliphatic rings. The van der Waals surface area contributed by atoms with Crippen molar-refractivity contribution in [3.05, 3.63) is 51.3 Å². The van der Waals surface area contributed by atoms with Gasteiger partial charge in [-0.25, -0.2) is 4.79 Å². The topological polar surface area (TPSA) is 124 Å². The molecular weight excluding hydrogens is 326 g/mol. The minimum atomic E-state index is -0.650. The van der Waals surface area contributed by atoms with Gasteiger partial charge in [0.2, 0.25) is 5.91 Å². The number of oxazole rings is 1. The van der Waals surface area contributed by atoms with Gasteiger partial charge >= 0.3 is 5.69 Å². The summed E-state index contributed by atoms with van der Waals surface area (Å²) in [6, 6.07) is 7.26. The lowest BCUT2D eigenvalue weighted by atomic mass is 10.2. The monoisotopic (exact) mass is 341 g/mol. The van der Waals surface area contributed by atoms with Crippen LogP contribution < -0.4 is 21.5 Å². The first-order valence-electron chi connectivity index (χ1n) is 7.87. The molecule has 3 N–H and O–H groups in total. The van der Waals surface area contributed by atoms with Crippen LogP contribution in [0, 0.1) is 0 Å². The number of amides is 1. The first kappa shape index (κ1) is 15.2. The van der Waals surface area contributed by atoms with Crippen LogP contribution in [0.5, 0.6) is 0 Å². The summed E-state index contributed by atoms with van der Waals surface area (Å²) < 4.78 is 5.74. The molecule has 4 rings (SSSR count). The van der Waals surface area contributed by atoms with Crippen molar-refractivity contribution < 1.29 is 9.21 Å². The maximum absolute atomic E-state index is 12.6. The average molecular weight is 341 g/mol. The molecule has 0 unspecified atom stereocenters. The van der Waals surface area contributed by atoms with E-state index in [9.17, 15) is 14.4 Å². The fourth-order valence-corrected chi connectivity index (χ4v) is 2.97. The normalized spacial score (nSPS) is 17.1. The number of aromatic nitrogens is 3. The summed E-state index contributed by atoms with van der Waals surface area (Å²) in [6.45, 7) is 0.632. The third-order valence-electron chi connectivity index (χ3n) is 4.16. The van der Waals surface area contributed by atoms with Crippen molar-refractivity contribution >= 4 is 28.7 Å². The highest BCUT2D eigenvalue weighted by molar-refractivity contribution is 5.96. The number of nitrogens with zero attached hydrogens (tertiary/aromatic N) is 2. The number of para-hydroxylation sites is 2. The lowest BCUT2D eigenvalue weighted by molar-refractivity contribution is -0.117. The van der Waals surface area contributed by atoms with Gasteiger partial charge < -0.3 is 19.6 Å². The van der Waals surface area contributed by atoms with Crippen LogP contribution in [0.3, 0.4) is 0 Å². The van der Waals surface area contributed by atoms with Crippen LogP contribution in [-0.2, 0) is 4.79 Å². The third kappa shape index (κ3) is 2.80. The van der Waals surface area contributed by atoms with E-state index in [1.54, 1.807) is 4.90 Å². The average Bonchev–Trinajstić information content (AvgIpc) is 3.23. The summed E-state index contributed by atoms with van der Waals surface area (Å²) in [5.74, 6) is -0.350. The molecular formula is C16H15N5O4. The summed E-state index contributed by atoms with van der Waals surface area (Å²) in [5, 5.41) is 2.55. The first-order valence-corrected chi connectivity index (χ1v) is 7.87. The van der Waals surface area contributed by atoms with Gasteiger partial charge in [-0.05, 0) is 25.0 Å². The molecule has 9 heteroatoms. The molecule has 0 saturated carbocycles. The minimum absolute atomic E-state index is 0.00554. The first-order chi connectivity index (χ1) is 12.1. The van der Waals surface area contributed by atoms with E-state index < -0.39 is 17.3 Å². The number of hydrogen-bond donors (Lipinski definition) is 3. The molecule has 1 saturated heterocycles. The van der Waals surface area contributed by atoms with Gasteiger partial charge in [-0.15, -0.1) is 0 Å². The number of rotatable bonds is 3. The molecule has 3 aromatic rings. The Morgan fingerprint density at radius 2 is 2.16 bits per heavy atom. The number of nitrogens with one attached hydrogen (secondary N) is 3. The predicted molar refractivity (Wildman–Crippen MR) is 90.7 cm³/mol. The zero-order valence-electron chi connectivity index (χ0n) is 13.1. The van der Waals surface area contributed by atoms with E-state index in [0.29, 0.717) is 24.6 Å². The molecule has 1 aliphatic heterocycles. The van der Waals surface area contributed by atoms with Crippen LogP contribution >= 0.6 is 0 Å². The largest absolute Gasteiger partial charge is 0.423 e. The predicted octanol–water partition coefficient (Wildman–Crippen LogP) is 0.812.